The Hall–Kier alpha value is -3.98. The molecule has 0 N–H and O–H groups in total. The average Bonchev–Trinajstić information content (AvgIpc) is 3.27. The lowest BCUT2D eigenvalue weighted by molar-refractivity contribution is -0.188. The maximum Gasteiger partial charge on any atom is 0.321 e. The number of amides is 2. The van der Waals surface area contributed by atoms with E-state index < -0.39 is 40.4 Å². The number of carbonyl (C=O) groups is 1. The second-order valence-electron chi connectivity index (χ2n) is 17.6. The maximum atomic E-state index is 15.8. The minimum Gasteiger partial charge on any atom is -0.496 e. The van der Waals surface area contributed by atoms with Crippen molar-refractivity contribution in [3.05, 3.63) is 131 Å². The fourth-order valence-electron chi connectivity index (χ4n) is 7.35. The molecule has 2 amide bonds. The van der Waals surface area contributed by atoms with Crippen molar-refractivity contribution in [1.82, 2.24) is 9.80 Å². The van der Waals surface area contributed by atoms with Crippen LogP contribution >= 0.6 is 0 Å². The minimum absolute atomic E-state index is 0.0675. The summed E-state index contributed by atoms with van der Waals surface area (Å²) in [7, 11) is 0.634. The van der Waals surface area contributed by atoms with Crippen molar-refractivity contribution in [2.75, 3.05) is 41.0 Å². The normalized spacial score (nSPS) is 18.9. The predicted molar refractivity (Wildman–Crippen MR) is 238 cm³/mol. The molecule has 0 spiro atoms. The van der Waals surface area contributed by atoms with Gasteiger partial charge in [0.05, 0.1) is 39.4 Å². The van der Waals surface area contributed by atoms with Gasteiger partial charge in [0.2, 0.25) is 0 Å². The lowest BCUT2D eigenvalue weighted by Gasteiger charge is -2.38. The molecule has 0 bridgehead atoms. The van der Waals surface area contributed by atoms with Crippen LogP contribution in [0, 0.1) is 0 Å². The molecule has 1 aliphatic rings. The molecular weight excluding hydrogens is 761 g/mol. The van der Waals surface area contributed by atoms with E-state index in [2.05, 4.69) is 63.5 Å². The van der Waals surface area contributed by atoms with E-state index in [1.54, 1.807) is 14.2 Å². The quantitative estimate of drug-likeness (QED) is 0.0444. The Morgan fingerprint density at radius 3 is 1.24 bits per heavy atom. The van der Waals surface area contributed by atoms with Gasteiger partial charge in [0.15, 0.2) is 0 Å². The van der Waals surface area contributed by atoms with Crippen molar-refractivity contribution >= 4 is 22.2 Å². The molecule has 0 radical (unpaired) electrons. The molecule has 5 rings (SSSR count). The molecule has 9 nitrogen and oxygen atoms in total. The fourth-order valence-corrected chi connectivity index (χ4v) is 8.86. The minimum atomic E-state index is -1.35. The number of hydrogen-bond acceptors (Lipinski definition) is 7. The SMILES string of the molecule is COc1ccccc1CN1C(=O)N(Cc2ccccc2OC)[C@H](Cc2ccccc2)[C@H](OCOCC[Si](C)(C)C)[C@@H](OCOCC[Si](C)(C)C)[C@H]1Cc1ccccc1. The molecule has 314 valence electrons. The first-order chi connectivity index (χ1) is 27.9. The number of carbonyl (C=O) groups excluding carboxylic acids is 1. The van der Waals surface area contributed by atoms with E-state index in [1.807, 2.05) is 94.7 Å². The Bertz CT molecular complexity index is 1690. The van der Waals surface area contributed by atoms with Gasteiger partial charge in [-0.2, -0.15) is 0 Å². The highest BCUT2D eigenvalue weighted by molar-refractivity contribution is 6.76. The van der Waals surface area contributed by atoms with Gasteiger partial charge in [0.25, 0.3) is 0 Å². The van der Waals surface area contributed by atoms with Crippen LogP contribution < -0.4 is 9.47 Å². The lowest BCUT2D eigenvalue weighted by atomic mass is 9.90. The molecule has 4 aromatic carbocycles. The van der Waals surface area contributed by atoms with E-state index in [4.69, 9.17) is 28.4 Å². The molecule has 0 aromatic heterocycles. The largest absolute Gasteiger partial charge is 0.496 e. The number of hydrogen-bond donors (Lipinski definition) is 0. The summed E-state index contributed by atoms with van der Waals surface area (Å²) < 4.78 is 38.3. The summed E-state index contributed by atoms with van der Waals surface area (Å²) in [6.07, 6.45) is -0.165. The van der Waals surface area contributed by atoms with Gasteiger partial charge in [-0.05, 0) is 48.2 Å². The van der Waals surface area contributed by atoms with Crippen LogP contribution in [-0.2, 0) is 44.9 Å². The summed E-state index contributed by atoms with van der Waals surface area (Å²) in [6, 6.07) is 37.4. The molecule has 1 fully saturated rings. The molecule has 1 aliphatic heterocycles. The van der Waals surface area contributed by atoms with Crippen LogP contribution in [0.5, 0.6) is 11.5 Å². The highest BCUT2D eigenvalue weighted by atomic mass is 28.3. The summed E-state index contributed by atoms with van der Waals surface area (Å²) >= 11 is 0. The van der Waals surface area contributed by atoms with Crippen molar-refractivity contribution in [3.63, 3.8) is 0 Å². The smallest absolute Gasteiger partial charge is 0.321 e. The van der Waals surface area contributed by atoms with Crippen molar-refractivity contribution in [2.45, 2.75) is 102 Å². The summed E-state index contributed by atoms with van der Waals surface area (Å²) in [4.78, 5) is 19.8. The van der Waals surface area contributed by atoms with E-state index >= 15 is 4.79 Å². The van der Waals surface area contributed by atoms with E-state index in [-0.39, 0.29) is 32.7 Å². The molecule has 0 saturated carbocycles. The van der Waals surface area contributed by atoms with Crippen molar-refractivity contribution in [1.29, 1.82) is 0 Å². The molecule has 4 atom stereocenters. The predicted octanol–water partition coefficient (Wildman–Crippen LogP) is 9.76. The number of para-hydroxylation sites is 2. The van der Waals surface area contributed by atoms with Gasteiger partial charge in [-0.1, -0.05) is 136 Å². The Morgan fingerprint density at radius 2 is 0.879 bits per heavy atom. The molecule has 1 saturated heterocycles. The zero-order valence-electron chi connectivity index (χ0n) is 36.0. The van der Waals surface area contributed by atoms with Gasteiger partial charge < -0.3 is 38.2 Å². The topological polar surface area (TPSA) is 78.9 Å². The zero-order chi connectivity index (χ0) is 41.5. The van der Waals surface area contributed by atoms with Gasteiger partial charge >= 0.3 is 6.03 Å². The molecule has 0 unspecified atom stereocenters. The number of ether oxygens (including phenoxy) is 6. The van der Waals surface area contributed by atoms with Gasteiger partial charge in [-0.3, -0.25) is 0 Å². The number of urea groups is 1. The molecule has 58 heavy (non-hydrogen) atoms. The second kappa shape index (κ2) is 21.9. The van der Waals surface area contributed by atoms with Crippen LogP contribution in [0.2, 0.25) is 51.4 Å². The summed E-state index contributed by atoms with van der Waals surface area (Å²) in [5.74, 6) is 1.43. The van der Waals surface area contributed by atoms with E-state index in [0.717, 1.165) is 34.3 Å². The third-order valence-electron chi connectivity index (χ3n) is 10.7. The maximum absolute atomic E-state index is 15.8. The Morgan fingerprint density at radius 1 is 0.517 bits per heavy atom. The number of nitrogens with zero attached hydrogens (tertiary/aromatic N) is 2. The van der Waals surface area contributed by atoms with Crippen molar-refractivity contribution in [3.8, 4) is 11.5 Å². The van der Waals surface area contributed by atoms with E-state index in [9.17, 15) is 0 Å². The molecule has 1 heterocycles. The van der Waals surface area contributed by atoms with Crippen molar-refractivity contribution in [2.24, 2.45) is 0 Å². The third kappa shape index (κ3) is 13.5. The average molecular weight is 827 g/mol. The van der Waals surface area contributed by atoms with Crippen LogP contribution in [-0.4, -0.2) is 97.3 Å². The van der Waals surface area contributed by atoms with Crippen LogP contribution in [0.4, 0.5) is 4.79 Å². The Labute approximate surface area is 349 Å². The Kier molecular flexibility index (Phi) is 17.0. The summed E-state index contributed by atoms with van der Waals surface area (Å²) in [6.45, 7) is 16.0. The van der Waals surface area contributed by atoms with Crippen molar-refractivity contribution < 1.29 is 33.2 Å². The first kappa shape index (κ1) is 45.1. The van der Waals surface area contributed by atoms with Crippen LogP contribution in [0.3, 0.4) is 0 Å². The molecular formula is C47H66N2O7Si2. The van der Waals surface area contributed by atoms with Crippen LogP contribution in [0.15, 0.2) is 109 Å². The van der Waals surface area contributed by atoms with Gasteiger partial charge in [0, 0.05) is 40.5 Å². The number of methoxy groups -OCH3 is 2. The molecule has 0 aliphatic carbocycles. The Balaban J connectivity index is 1.68. The standard InChI is InChI=1S/C47H66N2O7Si2/c1-51-43-25-17-15-23-39(43)33-48-41(31-37-19-11-9-12-20-37)45(55-35-53-27-29-57(3,4)5)46(56-36-54-28-30-58(6,7)8)42(32-38-21-13-10-14-22-38)49(47(48)50)34-40-24-16-18-26-44(40)52-2/h9-26,41-42,45-46H,27-36H2,1-8H3/t41-,42-,45+,46+/m1/s1. The molecule has 11 heteroatoms. The number of rotatable bonds is 22. The van der Waals surface area contributed by atoms with Gasteiger partial charge in [-0.15, -0.1) is 0 Å². The van der Waals surface area contributed by atoms with E-state index in [0.29, 0.717) is 37.6 Å². The zero-order valence-corrected chi connectivity index (χ0v) is 38.0. The summed E-state index contributed by atoms with van der Waals surface area (Å²) in [5.41, 5.74) is 3.96. The number of benzene rings is 4. The van der Waals surface area contributed by atoms with E-state index in [1.165, 1.54) is 0 Å². The lowest BCUT2D eigenvalue weighted by Crippen LogP contribution is -2.53. The summed E-state index contributed by atoms with van der Waals surface area (Å²) in [5, 5.41) is 0. The first-order valence-corrected chi connectivity index (χ1v) is 28.1. The third-order valence-corrected chi connectivity index (χ3v) is 14.1. The van der Waals surface area contributed by atoms with Gasteiger partial charge in [-0.25, -0.2) is 4.79 Å². The van der Waals surface area contributed by atoms with Crippen LogP contribution in [0.25, 0.3) is 0 Å². The van der Waals surface area contributed by atoms with Crippen LogP contribution in [0.1, 0.15) is 22.3 Å². The van der Waals surface area contributed by atoms with Gasteiger partial charge in [0.1, 0.15) is 37.3 Å². The second-order valence-corrected chi connectivity index (χ2v) is 28.9. The fraction of sp³-hybridized carbons (Fsp3) is 0.468. The first-order valence-electron chi connectivity index (χ1n) is 20.6. The highest BCUT2D eigenvalue weighted by Gasteiger charge is 2.49. The molecule has 4 aromatic rings. The monoisotopic (exact) mass is 826 g/mol. The highest BCUT2D eigenvalue weighted by Crippen LogP contribution is 2.35.